The zero-order chi connectivity index (χ0) is 13.4. The largest absolute Gasteiger partial charge is 0.257 e. The number of hydrogen-bond acceptors (Lipinski definition) is 1. The highest BCUT2D eigenvalue weighted by Gasteiger charge is 2.23. The summed E-state index contributed by atoms with van der Waals surface area (Å²) in [6, 6.07) is 9.02. The molecule has 0 radical (unpaired) electrons. The molecule has 20 heavy (non-hydrogen) atoms. The van der Waals surface area contributed by atoms with Crippen LogP contribution in [0.4, 0.5) is 0 Å². The molecule has 1 heteroatoms. The highest BCUT2D eigenvalue weighted by atomic mass is 14.7. The number of aryl methyl sites for hydroxylation is 2. The van der Waals surface area contributed by atoms with Gasteiger partial charge in [-0.15, -0.1) is 0 Å². The van der Waals surface area contributed by atoms with E-state index >= 15 is 0 Å². The minimum Gasteiger partial charge on any atom is -0.257 e. The average molecular weight is 265 g/mol. The van der Waals surface area contributed by atoms with Crippen molar-refractivity contribution in [2.24, 2.45) is 0 Å². The van der Waals surface area contributed by atoms with Gasteiger partial charge in [-0.1, -0.05) is 43.5 Å². The molecule has 1 heterocycles. The lowest BCUT2D eigenvalue weighted by molar-refractivity contribution is 0.437. The summed E-state index contributed by atoms with van der Waals surface area (Å²) in [5, 5.41) is 2.94. The quantitative estimate of drug-likeness (QED) is 0.694. The molecule has 2 aromatic rings. The van der Waals surface area contributed by atoms with E-state index in [1.807, 2.05) is 0 Å². The minimum atomic E-state index is 0.709. The molecular formula is C19H23N. The van der Waals surface area contributed by atoms with Crippen LogP contribution >= 0.6 is 0 Å². The fourth-order valence-corrected chi connectivity index (χ4v) is 4.17. The molecule has 0 saturated heterocycles. The molecule has 1 saturated carbocycles. The summed E-state index contributed by atoms with van der Waals surface area (Å²) in [6.07, 6.45) is 12.0. The lowest BCUT2D eigenvalue weighted by Gasteiger charge is -2.26. The first-order valence-electron chi connectivity index (χ1n) is 8.34. The number of benzene rings is 1. The molecule has 2 aliphatic rings. The van der Waals surface area contributed by atoms with Crippen LogP contribution in [0.25, 0.3) is 10.8 Å². The van der Waals surface area contributed by atoms with Gasteiger partial charge in [0.05, 0.1) is 5.69 Å². The van der Waals surface area contributed by atoms with Gasteiger partial charge in [0.25, 0.3) is 0 Å². The van der Waals surface area contributed by atoms with Gasteiger partial charge >= 0.3 is 0 Å². The van der Waals surface area contributed by atoms with Crippen molar-refractivity contribution in [3.8, 4) is 0 Å². The summed E-state index contributed by atoms with van der Waals surface area (Å²) >= 11 is 0. The second kappa shape index (κ2) is 5.20. The van der Waals surface area contributed by atoms with Crippen LogP contribution in [0.3, 0.4) is 0 Å². The van der Waals surface area contributed by atoms with Crippen molar-refractivity contribution < 1.29 is 0 Å². The SMILES string of the molecule is c1ccc2c3c(nc(C4CCCCC4)c2c1)CCCC3. The lowest BCUT2D eigenvalue weighted by atomic mass is 9.83. The predicted octanol–water partition coefficient (Wildman–Crippen LogP) is 5.16. The van der Waals surface area contributed by atoms with Crippen molar-refractivity contribution in [3.63, 3.8) is 0 Å². The first kappa shape index (κ1) is 12.4. The number of rotatable bonds is 1. The summed E-state index contributed by atoms with van der Waals surface area (Å²) in [5.41, 5.74) is 4.38. The normalized spacial score (nSPS) is 20.0. The van der Waals surface area contributed by atoms with E-state index in [1.54, 1.807) is 5.56 Å². The molecule has 0 atom stereocenters. The smallest absolute Gasteiger partial charge is 0.0516 e. The second-order valence-corrected chi connectivity index (χ2v) is 6.51. The van der Waals surface area contributed by atoms with Crippen LogP contribution in [0, 0.1) is 0 Å². The summed E-state index contributed by atoms with van der Waals surface area (Å²) in [7, 11) is 0. The molecule has 0 amide bonds. The fraction of sp³-hybridized carbons (Fsp3) is 0.526. The maximum Gasteiger partial charge on any atom is 0.0516 e. The van der Waals surface area contributed by atoms with Gasteiger partial charge in [0.2, 0.25) is 0 Å². The molecule has 1 fully saturated rings. The van der Waals surface area contributed by atoms with E-state index in [-0.39, 0.29) is 0 Å². The van der Waals surface area contributed by atoms with Crippen LogP contribution < -0.4 is 0 Å². The van der Waals surface area contributed by atoms with Crippen LogP contribution in [-0.2, 0) is 12.8 Å². The fourth-order valence-electron chi connectivity index (χ4n) is 4.17. The molecule has 0 unspecified atom stereocenters. The van der Waals surface area contributed by atoms with Gasteiger partial charge in [-0.05, 0) is 49.5 Å². The summed E-state index contributed by atoms with van der Waals surface area (Å²) in [6.45, 7) is 0. The van der Waals surface area contributed by atoms with Gasteiger partial charge < -0.3 is 0 Å². The van der Waals surface area contributed by atoms with E-state index in [0.717, 1.165) is 0 Å². The van der Waals surface area contributed by atoms with Crippen molar-refractivity contribution in [2.45, 2.75) is 63.7 Å². The molecule has 2 aliphatic carbocycles. The third kappa shape index (κ3) is 2.04. The van der Waals surface area contributed by atoms with Crippen LogP contribution in [-0.4, -0.2) is 4.98 Å². The van der Waals surface area contributed by atoms with E-state index < -0.39 is 0 Å². The van der Waals surface area contributed by atoms with Crippen molar-refractivity contribution in [1.82, 2.24) is 4.98 Å². The zero-order valence-electron chi connectivity index (χ0n) is 12.2. The number of aromatic nitrogens is 1. The van der Waals surface area contributed by atoms with Gasteiger partial charge in [0.1, 0.15) is 0 Å². The molecule has 0 aliphatic heterocycles. The topological polar surface area (TPSA) is 12.9 Å². The molecule has 1 nitrogen and oxygen atoms in total. The molecule has 104 valence electrons. The van der Waals surface area contributed by atoms with E-state index in [2.05, 4.69) is 24.3 Å². The van der Waals surface area contributed by atoms with Crippen molar-refractivity contribution in [2.75, 3.05) is 0 Å². The first-order valence-corrected chi connectivity index (χ1v) is 8.34. The van der Waals surface area contributed by atoms with Crippen LogP contribution in [0.5, 0.6) is 0 Å². The molecule has 0 bridgehead atoms. The zero-order valence-corrected chi connectivity index (χ0v) is 12.2. The van der Waals surface area contributed by atoms with Crippen molar-refractivity contribution in [1.29, 1.82) is 0 Å². The van der Waals surface area contributed by atoms with Crippen molar-refractivity contribution >= 4 is 10.8 Å². The van der Waals surface area contributed by atoms with E-state index in [0.29, 0.717) is 5.92 Å². The maximum absolute atomic E-state index is 5.17. The van der Waals surface area contributed by atoms with Crippen LogP contribution in [0.2, 0.25) is 0 Å². The second-order valence-electron chi connectivity index (χ2n) is 6.51. The molecule has 1 aromatic heterocycles. The highest BCUT2D eigenvalue weighted by Crippen LogP contribution is 2.38. The van der Waals surface area contributed by atoms with Gasteiger partial charge in [0, 0.05) is 17.0 Å². The molecule has 0 N–H and O–H groups in total. The maximum atomic E-state index is 5.17. The summed E-state index contributed by atoms with van der Waals surface area (Å²) in [4.78, 5) is 5.17. The van der Waals surface area contributed by atoms with Gasteiger partial charge in [-0.3, -0.25) is 4.98 Å². The summed E-state index contributed by atoms with van der Waals surface area (Å²) in [5.74, 6) is 0.709. The van der Waals surface area contributed by atoms with E-state index in [9.17, 15) is 0 Å². The third-order valence-electron chi connectivity index (χ3n) is 5.21. The Bertz CT molecular complexity index is 623. The van der Waals surface area contributed by atoms with Crippen LogP contribution in [0.15, 0.2) is 24.3 Å². The number of hydrogen-bond donors (Lipinski definition) is 0. The van der Waals surface area contributed by atoms with Crippen LogP contribution in [0.1, 0.15) is 67.8 Å². The lowest BCUT2D eigenvalue weighted by Crippen LogP contribution is -2.13. The molecular weight excluding hydrogens is 242 g/mol. The Morgan fingerprint density at radius 3 is 2.40 bits per heavy atom. The minimum absolute atomic E-state index is 0.709. The summed E-state index contributed by atoms with van der Waals surface area (Å²) < 4.78 is 0. The van der Waals surface area contributed by atoms with Crippen molar-refractivity contribution in [3.05, 3.63) is 41.2 Å². The van der Waals surface area contributed by atoms with E-state index in [4.69, 9.17) is 4.98 Å². The first-order chi connectivity index (χ1) is 9.93. The van der Waals surface area contributed by atoms with E-state index in [1.165, 1.54) is 79.9 Å². The Morgan fingerprint density at radius 1 is 0.800 bits per heavy atom. The Labute approximate surface area is 121 Å². The molecule has 1 aromatic carbocycles. The number of nitrogens with zero attached hydrogens (tertiary/aromatic N) is 1. The van der Waals surface area contributed by atoms with Gasteiger partial charge in [0.15, 0.2) is 0 Å². The third-order valence-corrected chi connectivity index (χ3v) is 5.21. The average Bonchev–Trinajstić information content (AvgIpc) is 2.55. The number of pyridine rings is 1. The molecule has 0 spiro atoms. The Hall–Kier alpha value is -1.37. The van der Waals surface area contributed by atoms with Gasteiger partial charge in [-0.25, -0.2) is 0 Å². The standard InChI is InChI=1S/C19H23N/c1-2-8-14(9-3-1)19-17-12-5-4-10-15(17)16-11-6-7-13-18(16)20-19/h4-5,10,12,14H,1-3,6-9,11,13H2. The monoisotopic (exact) mass is 265 g/mol. The Balaban J connectivity index is 1.91. The highest BCUT2D eigenvalue weighted by molar-refractivity contribution is 5.88. The van der Waals surface area contributed by atoms with Gasteiger partial charge in [-0.2, -0.15) is 0 Å². The number of fused-ring (bicyclic) bond motifs is 3. The molecule has 4 rings (SSSR count). The Morgan fingerprint density at radius 2 is 1.55 bits per heavy atom. The predicted molar refractivity (Wildman–Crippen MR) is 84.2 cm³/mol. The Kier molecular flexibility index (Phi) is 3.22.